The van der Waals surface area contributed by atoms with Crippen LogP contribution in [0.2, 0.25) is 0 Å². The van der Waals surface area contributed by atoms with Crippen LogP contribution in [0.3, 0.4) is 0 Å². The number of benzene rings is 2. The van der Waals surface area contributed by atoms with E-state index in [1.807, 2.05) is 51.1 Å². The third-order valence-electron chi connectivity index (χ3n) is 5.80. The monoisotopic (exact) mass is 438 g/mol. The van der Waals surface area contributed by atoms with E-state index in [1.54, 1.807) is 0 Å². The van der Waals surface area contributed by atoms with Crippen molar-refractivity contribution in [2.24, 2.45) is 5.92 Å². The molecule has 0 aromatic heterocycles. The van der Waals surface area contributed by atoms with Crippen molar-refractivity contribution < 1.29 is 14.6 Å². The highest BCUT2D eigenvalue weighted by Gasteiger charge is 2.28. The van der Waals surface area contributed by atoms with Crippen molar-refractivity contribution in [1.29, 1.82) is 0 Å². The minimum Gasteiger partial charge on any atom is -0.444 e. The molecule has 2 aromatic carbocycles. The summed E-state index contributed by atoms with van der Waals surface area (Å²) in [6.07, 6.45) is 0.373. The number of hydrogen-bond donors (Lipinski definition) is 2. The van der Waals surface area contributed by atoms with E-state index in [2.05, 4.69) is 42.3 Å². The molecule has 2 N–H and O–H groups in total. The van der Waals surface area contributed by atoms with Gasteiger partial charge in [0.1, 0.15) is 5.60 Å². The van der Waals surface area contributed by atoms with Crippen LogP contribution in [0.4, 0.5) is 4.79 Å². The Morgan fingerprint density at radius 3 is 2.59 bits per heavy atom. The molecule has 0 saturated carbocycles. The van der Waals surface area contributed by atoms with Crippen LogP contribution < -0.4 is 5.32 Å². The van der Waals surface area contributed by atoms with Crippen molar-refractivity contribution in [3.8, 4) is 0 Å². The van der Waals surface area contributed by atoms with E-state index in [4.69, 9.17) is 4.74 Å². The lowest BCUT2D eigenvalue weighted by Gasteiger charge is -2.31. The second-order valence-corrected chi connectivity index (χ2v) is 10.3. The van der Waals surface area contributed by atoms with Crippen molar-refractivity contribution in [2.75, 3.05) is 13.1 Å². The molecule has 0 aliphatic carbocycles. The van der Waals surface area contributed by atoms with Gasteiger partial charge in [-0.15, -0.1) is 0 Å². The van der Waals surface area contributed by atoms with Crippen LogP contribution in [0, 0.1) is 12.8 Å². The smallest absolute Gasteiger partial charge is 0.407 e. The molecule has 1 aliphatic rings. The SMILES string of the molecule is Cc1ccc2c(c1)C[C@H](C)CN(C[C@@H](O)[C@H](Cc1ccccc1)NC(=O)OC(C)(C)C)C2. The first-order valence-corrected chi connectivity index (χ1v) is 11.6. The molecule has 1 aliphatic heterocycles. The number of carbonyl (C=O) groups is 1. The van der Waals surface area contributed by atoms with Crippen LogP contribution in [0.5, 0.6) is 0 Å². The Balaban J connectivity index is 1.73. The maximum absolute atomic E-state index is 12.5. The topological polar surface area (TPSA) is 61.8 Å². The molecule has 5 heteroatoms. The van der Waals surface area contributed by atoms with Crippen molar-refractivity contribution in [3.63, 3.8) is 0 Å². The number of nitrogens with one attached hydrogen (secondary N) is 1. The summed E-state index contributed by atoms with van der Waals surface area (Å²) in [5, 5.41) is 14.2. The molecule has 0 spiro atoms. The van der Waals surface area contributed by atoms with Gasteiger partial charge < -0.3 is 15.2 Å². The number of rotatable bonds is 6. The van der Waals surface area contributed by atoms with Crippen molar-refractivity contribution in [3.05, 3.63) is 70.8 Å². The zero-order valence-electron chi connectivity index (χ0n) is 20.1. The number of ether oxygens (including phenoxy) is 1. The van der Waals surface area contributed by atoms with Crippen molar-refractivity contribution >= 4 is 6.09 Å². The Hall–Kier alpha value is -2.37. The van der Waals surface area contributed by atoms with Crippen LogP contribution in [0.15, 0.2) is 48.5 Å². The molecule has 5 nitrogen and oxygen atoms in total. The lowest BCUT2D eigenvalue weighted by atomic mass is 9.97. The van der Waals surface area contributed by atoms with E-state index in [9.17, 15) is 9.90 Å². The quantitative estimate of drug-likeness (QED) is 0.698. The van der Waals surface area contributed by atoms with E-state index >= 15 is 0 Å². The number of hydrogen-bond acceptors (Lipinski definition) is 4. The number of fused-ring (bicyclic) bond motifs is 1. The number of β-amino-alcohol motifs (C(OH)–C–C–N with tert-alkyl or cyclic N) is 1. The van der Waals surface area contributed by atoms with Gasteiger partial charge in [0.15, 0.2) is 0 Å². The van der Waals surface area contributed by atoms with E-state index in [-0.39, 0.29) is 0 Å². The van der Waals surface area contributed by atoms with Crippen molar-refractivity contribution in [2.45, 2.75) is 71.8 Å². The molecule has 2 aromatic rings. The molecule has 0 bridgehead atoms. The number of aliphatic hydroxyl groups is 1. The predicted octanol–water partition coefficient (Wildman–Crippen LogP) is 4.49. The summed E-state index contributed by atoms with van der Waals surface area (Å²) in [6.45, 7) is 12.1. The maximum Gasteiger partial charge on any atom is 0.407 e. The third kappa shape index (κ3) is 7.35. The molecule has 1 heterocycles. The number of carbonyl (C=O) groups excluding carboxylic acids is 1. The number of alkyl carbamates (subject to hydrolysis) is 1. The van der Waals surface area contributed by atoms with Crippen LogP contribution in [0.1, 0.15) is 49.9 Å². The normalized spacial score (nSPS) is 18.9. The zero-order chi connectivity index (χ0) is 23.3. The van der Waals surface area contributed by atoms with Gasteiger partial charge in [0.25, 0.3) is 0 Å². The van der Waals surface area contributed by atoms with Gasteiger partial charge in [-0.05, 0) is 63.1 Å². The molecular weight excluding hydrogens is 400 g/mol. The molecule has 0 unspecified atom stereocenters. The first kappa shape index (κ1) is 24.3. The first-order valence-electron chi connectivity index (χ1n) is 11.6. The third-order valence-corrected chi connectivity index (χ3v) is 5.80. The van der Waals surface area contributed by atoms with Crippen LogP contribution in [-0.2, 0) is 24.1 Å². The van der Waals surface area contributed by atoms with Gasteiger partial charge in [0, 0.05) is 19.6 Å². The van der Waals surface area contributed by atoms with Crippen molar-refractivity contribution in [1.82, 2.24) is 10.2 Å². The average molecular weight is 439 g/mol. The fraction of sp³-hybridized carbons (Fsp3) is 0.519. The van der Waals surface area contributed by atoms with Crippen LogP contribution in [0.25, 0.3) is 0 Å². The summed E-state index contributed by atoms with van der Waals surface area (Å²) < 4.78 is 5.47. The number of aryl methyl sites for hydroxylation is 1. The van der Waals surface area contributed by atoms with Gasteiger partial charge in [0.05, 0.1) is 12.1 Å². The Kier molecular flexibility index (Phi) is 7.96. The molecule has 0 radical (unpaired) electrons. The van der Waals surface area contributed by atoms with Crippen LogP contribution in [-0.4, -0.2) is 46.9 Å². The fourth-order valence-corrected chi connectivity index (χ4v) is 4.43. The first-order chi connectivity index (χ1) is 15.1. The molecule has 1 amide bonds. The Bertz CT molecular complexity index is 892. The van der Waals surface area contributed by atoms with Crippen LogP contribution >= 0.6 is 0 Å². The standard InChI is InChI=1S/C27H38N2O3/c1-19-11-12-22-17-29(16-20(2)14-23(22)13-19)18-25(30)24(15-21-9-7-6-8-10-21)28-26(31)32-27(3,4)5/h6-13,20,24-25,30H,14-18H2,1-5H3,(H,28,31)/t20-,24-,25+/m0/s1. The molecule has 32 heavy (non-hydrogen) atoms. The van der Waals surface area contributed by atoms with Gasteiger partial charge in [-0.1, -0.05) is 61.0 Å². The summed E-state index contributed by atoms with van der Waals surface area (Å²) in [7, 11) is 0. The largest absolute Gasteiger partial charge is 0.444 e. The Morgan fingerprint density at radius 2 is 1.91 bits per heavy atom. The molecule has 0 fully saturated rings. The number of aliphatic hydroxyl groups excluding tert-OH is 1. The Labute approximate surface area is 192 Å². The zero-order valence-corrected chi connectivity index (χ0v) is 20.1. The maximum atomic E-state index is 12.5. The number of nitrogens with zero attached hydrogens (tertiary/aromatic N) is 1. The minimum atomic E-state index is -0.720. The summed E-state index contributed by atoms with van der Waals surface area (Å²) in [5.74, 6) is 0.497. The minimum absolute atomic E-state index is 0.441. The lowest BCUT2D eigenvalue weighted by Crippen LogP contribution is -2.50. The van der Waals surface area contributed by atoms with Gasteiger partial charge in [-0.2, -0.15) is 0 Å². The van der Waals surface area contributed by atoms with Gasteiger partial charge in [0.2, 0.25) is 0 Å². The van der Waals surface area contributed by atoms with E-state index in [0.29, 0.717) is 18.9 Å². The van der Waals surface area contributed by atoms with E-state index < -0.39 is 23.8 Å². The molecule has 174 valence electrons. The summed E-state index contributed by atoms with van der Waals surface area (Å²) in [5.41, 5.74) is 4.50. The fourth-order valence-electron chi connectivity index (χ4n) is 4.43. The van der Waals surface area contributed by atoms with Gasteiger partial charge in [-0.3, -0.25) is 4.90 Å². The van der Waals surface area contributed by atoms with Gasteiger partial charge in [-0.25, -0.2) is 4.79 Å². The highest BCUT2D eigenvalue weighted by Crippen LogP contribution is 2.23. The number of amides is 1. The lowest BCUT2D eigenvalue weighted by molar-refractivity contribution is 0.0350. The summed E-state index contributed by atoms with van der Waals surface area (Å²) in [6, 6.07) is 16.2. The molecule has 0 saturated heterocycles. The van der Waals surface area contributed by atoms with E-state index in [1.165, 1.54) is 16.7 Å². The predicted molar refractivity (Wildman–Crippen MR) is 129 cm³/mol. The van der Waals surface area contributed by atoms with Gasteiger partial charge >= 0.3 is 6.09 Å². The highest BCUT2D eigenvalue weighted by atomic mass is 16.6. The second-order valence-electron chi connectivity index (χ2n) is 10.3. The molecule has 3 atom stereocenters. The average Bonchev–Trinajstić information content (AvgIpc) is 2.83. The summed E-state index contributed by atoms with van der Waals surface area (Å²) in [4.78, 5) is 14.8. The second kappa shape index (κ2) is 10.5. The van der Waals surface area contributed by atoms with E-state index in [0.717, 1.165) is 25.1 Å². The highest BCUT2D eigenvalue weighted by molar-refractivity contribution is 5.68. The summed E-state index contributed by atoms with van der Waals surface area (Å²) >= 11 is 0. The Morgan fingerprint density at radius 1 is 1.19 bits per heavy atom. The molecular formula is C27H38N2O3. The molecule has 3 rings (SSSR count).